The van der Waals surface area contributed by atoms with Gasteiger partial charge in [-0.25, -0.2) is 0 Å². The summed E-state index contributed by atoms with van der Waals surface area (Å²) in [5.41, 5.74) is 3.86. The molecule has 2 nitrogen and oxygen atoms in total. The lowest BCUT2D eigenvalue weighted by molar-refractivity contribution is 0.220. The van der Waals surface area contributed by atoms with E-state index >= 15 is 0 Å². The van der Waals surface area contributed by atoms with Gasteiger partial charge in [-0.3, -0.25) is 0 Å². The average Bonchev–Trinajstić information content (AvgIpc) is 2.41. The topological polar surface area (TPSA) is 32.3 Å². The molecular formula is C16H25NO. The van der Waals surface area contributed by atoms with Crippen molar-refractivity contribution < 1.29 is 5.11 Å². The molecule has 0 bridgehead atoms. The van der Waals surface area contributed by atoms with Crippen molar-refractivity contribution in [2.75, 3.05) is 6.61 Å². The summed E-state index contributed by atoms with van der Waals surface area (Å²) in [6.07, 6.45) is 6.51. The van der Waals surface area contributed by atoms with E-state index in [1.807, 2.05) is 0 Å². The number of aliphatic hydroxyl groups is 1. The van der Waals surface area contributed by atoms with E-state index in [9.17, 15) is 5.11 Å². The van der Waals surface area contributed by atoms with Crippen molar-refractivity contribution in [3.8, 4) is 0 Å². The summed E-state index contributed by atoms with van der Waals surface area (Å²) in [5, 5.41) is 13.3. The number of aliphatic hydroxyl groups excluding tert-OH is 1. The maximum atomic E-state index is 9.66. The molecule has 1 aromatic rings. The van der Waals surface area contributed by atoms with E-state index in [4.69, 9.17) is 0 Å². The van der Waals surface area contributed by atoms with Crippen molar-refractivity contribution in [1.82, 2.24) is 5.32 Å². The summed E-state index contributed by atoms with van der Waals surface area (Å²) in [5.74, 6) is 0. The van der Waals surface area contributed by atoms with Crippen LogP contribution in [0.25, 0.3) is 0 Å². The van der Waals surface area contributed by atoms with Crippen LogP contribution in [0.4, 0.5) is 0 Å². The number of benzene rings is 1. The van der Waals surface area contributed by atoms with Gasteiger partial charge in [-0.15, -0.1) is 0 Å². The predicted octanol–water partition coefficient (Wildman–Crippen LogP) is 3.26. The third kappa shape index (κ3) is 3.12. The van der Waals surface area contributed by atoms with Crippen LogP contribution in [0.1, 0.15) is 54.8 Å². The van der Waals surface area contributed by atoms with Gasteiger partial charge in [0, 0.05) is 6.04 Å². The molecule has 18 heavy (non-hydrogen) atoms. The Morgan fingerprint density at radius 2 is 1.94 bits per heavy atom. The standard InChI is InChI=1S/C16H25NO/c1-12-7-6-10-15(13(12)2)16(11-18)17-14-8-4-3-5-9-14/h6-7,10,14,16-18H,3-5,8-9,11H2,1-2H3. The van der Waals surface area contributed by atoms with Gasteiger partial charge in [-0.2, -0.15) is 0 Å². The fourth-order valence-electron chi connectivity index (χ4n) is 2.95. The molecule has 0 radical (unpaired) electrons. The van der Waals surface area contributed by atoms with E-state index in [1.165, 1.54) is 48.8 Å². The summed E-state index contributed by atoms with van der Waals surface area (Å²) in [6, 6.07) is 7.03. The zero-order valence-corrected chi connectivity index (χ0v) is 11.6. The Hall–Kier alpha value is -0.860. The Bertz CT molecular complexity index is 383. The van der Waals surface area contributed by atoms with Gasteiger partial charge >= 0.3 is 0 Å². The van der Waals surface area contributed by atoms with E-state index in [2.05, 4.69) is 37.4 Å². The first-order chi connectivity index (χ1) is 8.72. The van der Waals surface area contributed by atoms with Crippen LogP contribution in [-0.2, 0) is 0 Å². The second kappa shape index (κ2) is 6.35. The largest absolute Gasteiger partial charge is 0.394 e. The van der Waals surface area contributed by atoms with Crippen LogP contribution >= 0.6 is 0 Å². The van der Waals surface area contributed by atoms with Crippen LogP contribution in [0, 0.1) is 13.8 Å². The van der Waals surface area contributed by atoms with Crippen LogP contribution < -0.4 is 5.32 Å². The van der Waals surface area contributed by atoms with Gasteiger partial charge in [0.25, 0.3) is 0 Å². The van der Waals surface area contributed by atoms with Crippen LogP contribution in [0.15, 0.2) is 18.2 Å². The van der Waals surface area contributed by atoms with Crippen LogP contribution in [-0.4, -0.2) is 17.8 Å². The first-order valence-corrected chi connectivity index (χ1v) is 7.15. The van der Waals surface area contributed by atoms with Gasteiger partial charge in [-0.1, -0.05) is 37.5 Å². The average molecular weight is 247 g/mol. The molecular weight excluding hydrogens is 222 g/mol. The van der Waals surface area contributed by atoms with Crippen molar-refractivity contribution in [2.24, 2.45) is 0 Å². The number of rotatable bonds is 4. The van der Waals surface area contributed by atoms with Gasteiger partial charge in [0.15, 0.2) is 0 Å². The summed E-state index contributed by atoms with van der Waals surface area (Å²) < 4.78 is 0. The Balaban J connectivity index is 2.09. The van der Waals surface area contributed by atoms with E-state index in [-0.39, 0.29) is 12.6 Å². The molecule has 2 rings (SSSR count). The highest BCUT2D eigenvalue weighted by molar-refractivity contribution is 5.35. The summed E-state index contributed by atoms with van der Waals surface area (Å²) >= 11 is 0. The molecule has 0 saturated heterocycles. The Morgan fingerprint density at radius 3 is 2.61 bits per heavy atom. The van der Waals surface area contributed by atoms with E-state index < -0.39 is 0 Å². The Kier molecular flexibility index (Phi) is 4.79. The fraction of sp³-hybridized carbons (Fsp3) is 0.625. The first-order valence-electron chi connectivity index (χ1n) is 7.15. The van der Waals surface area contributed by atoms with Crippen molar-refractivity contribution in [2.45, 2.75) is 58.0 Å². The third-order valence-electron chi connectivity index (χ3n) is 4.25. The molecule has 1 saturated carbocycles. The molecule has 1 aliphatic rings. The molecule has 2 heteroatoms. The zero-order valence-electron chi connectivity index (χ0n) is 11.6. The molecule has 1 atom stereocenters. The molecule has 0 aromatic heterocycles. The lowest BCUT2D eigenvalue weighted by atomic mass is 9.92. The minimum Gasteiger partial charge on any atom is -0.394 e. The number of nitrogens with one attached hydrogen (secondary N) is 1. The van der Waals surface area contributed by atoms with Crippen molar-refractivity contribution in [3.63, 3.8) is 0 Å². The fourth-order valence-corrected chi connectivity index (χ4v) is 2.95. The first kappa shape index (κ1) is 13.6. The normalized spacial score (nSPS) is 18.8. The lowest BCUT2D eigenvalue weighted by Crippen LogP contribution is -2.36. The lowest BCUT2D eigenvalue weighted by Gasteiger charge is -2.29. The summed E-state index contributed by atoms with van der Waals surface area (Å²) in [6.45, 7) is 4.46. The maximum Gasteiger partial charge on any atom is 0.0626 e. The van der Waals surface area contributed by atoms with Gasteiger partial charge < -0.3 is 10.4 Å². The SMILES string of the molecule is Cc1cccc(C(CO)NC2CCCCC2)c1C. The number of hydrogen-bond donors (Lipinski definition) is 2. The summed E-state index contributed by atoms with van der Waals surface area (Å²) in [4.78, 5) is 0. The van der Waals surface area contributed by atoms with Crippen molar-refractivity contribution in [3.05, 3.63) is 34.9 Å². The molecule has 1 fully saturated rings. The van der Waals surface area contributed by atoms with Gasteiger partial charge in [0.2, 0.25) is 0 Å². The summed E-state index contributed by atoms with van der Waals surface area (Å²) in [7, 11) is 0. The number of hydrogen-bond acceptors (Lipinski definition) is 2. The van der Waals surface area contributed by atoms with Crippen LogP contribution in [0.3, 0.4) is 0 Å². The minimum atomic E-state index is 0.0907. The molecule has 100 valence electrons. The zero-order chi connectivity index (χ0) is 13.0. The second-order valence-electron chi connectivity index (χ2n) is 5.53. The van der Waals surface area contributed by atoms with E-state index in [1.54, 1.807) is 0 Å². The maximum absolute atomic E-state index is 9.66. The third-order valence-corrected chi connectivity index (χ3v) is 4.25. The molecule has 0 heterocycles. The van der Waals surface area contributed by atoms with E-state index in [0.717, 1.165) is 0 Å². The number of aryl methyl sites for hydroxylation is 1. The van der Waals surface area contributed by atoms with Crippen molar-refractivity contribution in [1.29, 1.82) is 0 Å². The second-order valence-corrected chi connectivity index (χ2v) is 5.53. The molecule has 1 aliphatic carbocycles. The molecule has 0 aliphatic heterocycles. The molecule has 0 spiro atoms. The predicted molar refractivity (Wildman–Crippen MR) is 75.8 cm³/mol. The van der Waals surface area contributed by atoms with Gasteiger partial charge in [0.05, 0.1) is 12.6 Å². The minimum absolute atomic E-state index is 0.0907. The van der Waals surface area contributed by atoms with E-state index in [0.29, 0.717) is 6.04 Å². The highest BCUT2D eigenvalue weighted by atomic mass is 16.3. The van der Waals surface area contributed by atoms with Gasteiger partial charge in [0.1, 0.15) is 0 Å². The van der Waals surface area contributed by atoms with Gasteiger partial charge in [-0.05, 0) is 43.4 Å². The molecule has 1 aromatic carbocycles. The quantitative estimate of drug-likeness (QED) is 0.856. The highest BCUT2D eigenvalue weighted by Gasteiger charge is 2.19. The Morgan fingerprint density at radius 1 is 1.22 bits per heavy atom. The molecule has 2 N–H and O–H groups in total. The molecule has 0 amide bonds. The highest BCUT2D eigenvalue weighted by Crippen LogP contribution is 2.24. The molecule has 1 unspecified atom stereocenters. The van der Waals surface area contributed by atoms with Crippen LogP contribution in [0.5, 0.6) is 0 Å². The van der Waals surface area contributed by atoms with Crippen LogP contribution in [0.2, 0.25) is 0 Å². The Labute approximate surface area is 110 Å². The monoisotopic (exact) mass is 247 g/mol. The van der Waals surface area contributed by atoms with Crippen molar-refractivity contribution >= 4 is 0 Å². The smallest absolute Gasteiger partial charge is 0.0626 e.